The van der Waals surface area contributed by atoms with Gasteiger partial charge in [-0.15, -0.1) is 0 Å². The summed E-state index contributed by atoms with van der Waals surface area (Å²) < 4.78 is 38.2. The fourth-order valence-corrected chi connectivity index (χ4v) is 3.18. The monoisotopic (exact) mass is 373 g/mol. The number of pyridine rings is 1. The minimum Gasteiger partial charge on any atom is -0.276 e. The molecule has 0 saturated heterocycles. The van der Waals surface area contributed by atoms with Gasteiger partial charge in [0.2, 0.25) is 0 Å². The molecule has 1 N–H and O–H groups in total. The van der Waals surface area contributed by atoms with Crippen molar-refractivity contribution in [2.75, 3.05) is 0 Å². The quantitative estimate of drug-likeness (QED) is 0.574. The highest BCUT2D eigenvalue weighted by molar-refractivity contribution is 5.73. The molecule has 3 rings (SSSR count). The summed E-state index contributed by atoms with van der Waals surface area (Å²) in [7, 11) is 0. The Hall–Kier alpha value is -2.63. The maximum atomic E-state index is 12.7. The van der Waals surface area contributed by atoms with E-state index in [2.05, 4.69) is 61.1 Å². The number of halogens is 3. The van der Waals surface area contributed by atoms with Crippen LogP contribution in [0.3, 0.4) is 0 Å². The number of nitrogens with one attached hydrogen (secondary N) is 1. The lowest BCUT2D eigenvalue weighted by molar-refractivity contribution is -0.141. The summed E-state index contributed by atoms with van der Waals surface area (Å²) in [5, 5.41) is 5.74. The summed E-state index contributed by atoms with van der Waals surface area (Å²) in [5.74, 6) is 0.695. The highest BCUT2D eigenvalue weighted by atomic mass is 19.4. The predicted octanol–water partition coefficient (Wildman–Crippen LogP) is 6.40. The second-order valence-corrected chi connectivity index (χ2v) is 7.22. The van der Waals surface area contributed by atoms with Gasteiger partial charge in [-0.25, -0.2) is 0 Å². The minimum absolute atomic E-state index is 0.245. The van der Waals surface area contributed by atoms with E-state index in [0.29, 0.717) is 17.5 Å². The zero-order chi connectivity index (χ0) is 19.8. The summed E-state index contributed by atoms with van der Waals surface area (Å²) >= 11 is 0. The first-order valence-electron chi connectivity index (χ1n) is 8.90. The first-order chi connectivity index (χ1) is 12.7. The lowest BCUT2D eigenvalue weighted by Crippen LogP contribution is -2.04. The van der Waals surface area contributed by atoms with Gasteiger partial charge in [-0.1, -0.05) is 52.0 Å². The molecule has 0 unspecified atom stereocenters. The topological polar surface area (TPSA) is 41.6 Å². The normalized spacial score (nSPS) is 12.2. The third-order valence-electron chi connectivity index (χ3n) is 4.57. The van der Waals surface area contributed by atoms with Crippen LogP contribution in [0.25, 0.3) is 22.5 Å². The molecule has 0 radical (unpaired) electrons. The Kier molecular flexibility index (Phi) is 5.09. The lowest BCUT2D eigenvalue weighted by Gasteiger charge is -2.19. The van der Waals surface area contributed by atoms with E-state index >= 15 is 0 Å². The first kappa shape index (κ1) is 19.1. The number of aromatic nitrogens is 3. The van der Waals surface area contributed by atoms with Gasteiger partial charge in [-0.3, -0.25) is 10.1 Å². The Labute approximate surface area is 156 Å². The smallest absolute Gasteiger partial charge is 0.276 e. The van der Waals surface area contributed by atoms with Gasteiger partial charge >= 0.3 is 6.18 Å². The maximum Gasteiger partial charge on any atom is 0.435 e. The molecule has 142 valence electrons. The van der Waals surface area contributed by atoms with E-state index in [1.807, 2.05) is 6.07 Å². The van der Waals surface area contributed by atoms with Gasteiger partial charge in [0.15, 0.2) is 5.69 Å². The molecular weight excluding hydrogens is 351 g/mol. The highest BCUT2D eigenvalue weighted by Gasteiger charge is 2.34. The van der Waals surface area contributed by atoms with Crippen molar-refractivity contribution in [3.05, 3.63) is 59.4 Å². The molecule has 1 aromatic carbocycles. The number of aromatic amines is 1. The molecule has 0 spiro atoms. The summed E-state index contributed by atoms with van der Waals surface area (Å²) in [6.07, 6.45) is -2.76. The molecule has 0 aliphatic carbocycles. The van der Waals surface area contributed by atoms with Gasteiger partial charge in [0.25, 0.3) is 0 Å². The van der Waals surface area contributed by atoms with Gasteiger partial charge in [-0.05, 0) is 40.7 Å². The van der Waals surface area contributed by atoms with E-state index in [1.54, 1.807) is 12.3 Å². The number of H-pyrrole nitrogens is 1. The molecule has 0 atom stereocenters. The Bertz CT molecular complexity index is 896. The summed E-state index contributed by atoms with van der Waals surface area (Å²) in [6.45, 7) is 8.59. The van der Waals surface area contributed by atoms with Crippen LogP contribution in [0.2, 0.25) is 0 Å². The van der Waals surface area contributed by atoms with Crippen molar-refractivity contribution >= 4 is 0 Å². The van der Waals surface area contributed by atoms with E-state index < -0.39 is 11.9 Å². The van der Waals surface area contributed by atoms with Gasteiger partial charge in [0.05, 0.1) is 11.4 Å². The van der Waals surface area contributed by atoms with E-state index in [0.717, 1.165) is 17.2 Å². The molecule has 27 heavy (non-hydrogen) atoms. The average molecular weight is 373 g/mol. The van der Waals surface area contributed by atoms with Gasteiger partial charge in [0.1, 0.15) is 0 Å². The second kappa shape index (κ2) is 7.18. The number of benzene rings is 1. The third kappa shape index (κ3) is 3.89. The Morgan fingerprint density at radius 3 is 2.00 bits per heavy atom. The third-order valence-corrected chi connectivity index (χ3v) is 4.57. The van der Waals surface area contributed by atoms with Gasteiger partial charge in [-0.2, -0.15) is 18.3 Å². The van der Waals surface area contributed by atoms with Crippen molar-refractivity contribution in [3.63, 3.8) is 0 Å². The van der Waals surface area contributed by atoms with Crippen LogP contribution in [-0.2, 0) is 6.18 Å². The van der Waals surface area contributed by atoms with Crippen molar-refractivity contribution in [2.24, 2.45) is 0 Å². The number of rotatable bonds is 4. The van der Waals surface area contributed by atoms with Gasteiger partial charge < -0.3 is 0 Å². The summed E-state index contributed by atoms with van der Waals surface area (Å²) in [4.78, 5) is 4.38. The Morgan fingerprint density at radius 2 is 1.56 bits per heavy atom. The molecule has 0 bridgehead atoms. The van der Waals surface area contributed by atoms with Crippen molar-refractivity contribution in [1.82, 2.24) is 15.2 Å². The van der Waals surface area contributed by atoms with E-state index in [4.69, 9.17) is 0 Å². The number of nitrogens with zero attached hydrogens (tertiary/aromatic N) is 2. The molecule has 0 saturated carbocycles. The molecule has 0 fully saturated rings. The molecule has 0 amide bonds. The lowest BCUT2D eigenvalue weighted by atomic mass is 9.85. The molecule has 0 aliphatic rings. The summed E-state index contributed by atoms with van der Waals surface area (Å²) in [5.41, 5.74) is 4.30. The molecule has 3 nitrogen and oxygen atoms in total. The Balaban J connectivity index is 2.03. The van der Waals surface area contributed by atoms with Crippen LogP contribution >= 0.6 is 0 Å². The van der Waals surface area contributed by atoms with Crippen LogP contribution in [0.5, 0.6) is 0 Å². The SMILES string of the molecule is CC(C)c1cccc(C(C)C)c1-c1ccc(-c2cc(C(F)(F)F)n[nH]2)nc1. The number of alkyl halides is 3. The van der Waals surface area contributed by atoms with Crippen LogP contribution in [0.1, 0.15) is 56.4 Å². The van der Waals surface area contributed by atoms with Crippen molar-refractivity contribution in [1.29, 1.82) is 0 Å². The molecular formula is C21H22F3N3. The average Bonchev–Trinajstić information content (AvgIpc) is 3.11. The zero-order valence-corrected chi connectivity index (χ0v) is 15.7. The van der Waals surface area contributed by atoms with Gasteiger partial charge in [0, 0.05) is 11.8 Å². The molecule has 2 aromatic heterocycles. The fourth-order valence-electron chi connectivity index (χ4n) is 3.18. The van der Waals surface area contributed by atoms with Crippen LogP contribution in [0, 0.1) is 0 Å². The van der Waals surface area contributed by atoms with Crippen LogP contribution < -0.4 is 0 Å². The maximum absolute atomic E-state index is 12.7. The first-order valence-corrected chi connectivity index (χ1v) is 8.90. The van der Waals surface area contributed by atoms with E-state index in [9.17, 15) is 13.2 Å². The van der Waals surface area contributed by atoms with Crippen LogP contribution in [-0.4, -0.2) is 15.2 Å². The van der Waals surface area contributed by atoms with E-state index in [-0.39, 0.29) is 5.69 Å². The molecule has 2 heterocycles. The highest BCUT2D eigenvalue weighted by Crippen LogP contribution is 2.36. The number of hydrogen-bond donors (Lipinski definition) is 1. The van der Waals surface area contributed by atoms with Crippen LogP contribution in [0.15, 0.2) is 42.6 Å². The van der Waals surface area contributed by atoms with E-state index in [1.165, 1.54) is 11.1 Å². The largest absolute Gasteiger partial charge is 0.435 e. The minimum atomic E-state index is -4.48. The standard InChI is InChI=1S/C21H22F3N3/c1-12(2)15-6-5-7-16(13(3)4)20(15)14-8-9-17(25-11-14)18-10-19(27-26-18)21(22,23)24/h5-13H,1-4H3,(H,26,27). The summed E-state index contributed by atoms with van der Waals surface area (Å²) in [6, 6.07) is 10.9. The van der Waals surface area contributed by atoms with Crippen molar-refractivity contribution in [2.45, 2.75) is 45.7 Å². The molecule has 0 aliphatic heterocycles. The molecule has 6 heteroatoms. The Morgan fingerprint density at radius 1 is 0.926 bits per heavy atom. The zero-order valence-electron chi connectivity index (χ0n) is 15.7. The predicted molar refractivity (Wildman–Crippen MR) is 100 cm³/mol. The molecule has 3 aromatic rings. The fraction of sp³-hybridized carbons (Fsp3) is 0.333. The van der Waals surface area contributed by atoms with Crippen molar-refractivity contribution < 1.29 is 13.2 Å². The van der Waals surface area contributed by atoms with Crippen molar-refractivity contribution in [3.8, 4) is 22.5 Å². The number of hydrogen-bond acceptors (Lipinski definition) is 2. The second-order valence-electron chi connectivity index (χ2n) is 7.22. The van der Waals surface area contributed by atoms with Crippen LogP contribution in [0.4, 0.5) is 13.2 Å².